The summed E-state index contributed by atoms with van der Waals surface area (Å²) >= 11 is 0. The Morgan fingerprint density at radius 3 is 2.19 bits per heavy atom. The van der Waals surface area contributed by atoms with Crippen LogP contribution in [0.25, 0.3) is 10.8 Å². The molecular formula is C28H28F6O3. The molecule has 0 aromatic heterocycles. The van der Waals surface area contributed by atoms with Crippen LogP contribution in [0.5, 0.6) is 0 Å². The van der Waals surface area contributed by atoms with E-state index in [0.29, 0.717) is 67.0 Å². The minimum absolute atomic E-state index is 0.0137. The van der Waals surface area contributed by atoms with E-state index < -0.39 is 29.2 Å². The number of fused-ring (bicyclic) bond motifs is 1. The summed E-state index contributed by atoms with van der Waals surface area (Å²) in [5.74, 6) is -3.49. The molecule has 1 fully saturated rings. The molecule has 0 N–H and O–H groups in total. The van der Waals surface area contributed by atoms with Crippen molar-refractivity contribution in [3.05, 3.63) is 82.2 Å². The Bertz CT molecular complexity index is 1200. The van der Waals surface area contributed by atoms with E-state index in [-0.39, 0.29) is 24.7 Å². The third kappa shape index (κ3) is 6.83. The standard InChI is InChI=1S/C28H28F6O3/c1-35-11-10-19-15-36-25(37-16-19)9-4-17-3-8-22-21(12-17)7-6-20(27(22)31)5-2-18-13-23(29)26(24(30)14-18)28(32,33)34/h3,6-8,12-14,19,25H,2,4-5,9-11,15-16H2,1H3. The number of halogens is 6. The van der Waals surface area contributed by atoms with Gasteiger partial charge in [-0.3, -0.25) is 0 Å². The molecule has 4 rings (SSSR count). The molecule has 1 aliphatic heterocycles. The Labute approximate surface area is 211 Å². The van der Waals surface area contributed by atoms with E-state index in [9.17, 15) is 22.0 Å². The summed E-state index contributed by atoms with van der Waals surface area (Å²) in [4.78, 5) is 0. The lowest BCUT2D eigenvalue weighted by Crippen LogP contribution is -2.32. The van der Waals surface area contributed by atoms with Crippen LogP contribution in [-0.4, -0.2) is 33.2 Å². The van der Waals surface area contributed by atoms with E-state index in [1.807, 2.05) is 12.1 Å². The number of aryl methyl sites for hydroxylation is 3. The van der Waals surface area contributed by atoms with Crippen LogP contribution in [0, 0.1) is 23.4 Å². The Kier molecular flexibility index (Phi) is 8.77. The fraction of sp³-hybridized carbons (Fsp3) is 0.429. The van der Waals surface area contributed by atoms with Gasteiger partial charge < -0.3 is 14.2 Å². The van der Waals surface area contributed by atoms with Crippen molar-refractivity contribution >= 4 is 10.8 Å². The maximum atomic E-state index is 15.1. The topological polar surface area (TPSA) is 27.7 Å². The van der Waals surface area contributed by atoms with Gasteiger partial charge in [0.15, 0.2) is 6.29 Å². The van der Waals surface area contributed by atoms with E-state index in [2.05, 4.69) is 0 Å². The molecule has 0 unspecified atom stereocenters. The van der Waals surface area contributed by atoms with E-state index in [0.717, 1.165) is 12.0 Å². The second-order valence-corrected chi connectivity index (χ2v) is 9.31. The van der Waals surface area contributed by atoms with Crippen LogP contribution >= 0.6 is 0 Å². The fourth-order valence-electron chi connectivity index (χ4n) is 4.54. The summed E-state index contributed by atoms with van der Waals surface area (Å²) in [6.07, 6.45) is -3.09. The highest BCUT2D eigenvalue weighted by atomic mass is 19.4. The summed E-state index contributed by atoms with van der Waals surface area (Å²) in [7, 11) is 1.66. The van der Waals surface area contributed by atoms with Crippen molar-refractivity contribution in [3.8, 4) is 0 Å². The highest BCUT2D eigenvalue weighted by Gasteiger charge is 2.37. The first-order valence-corrected chi connectivity index (χ1v) is 12.1. The molecule has 3 nitrogen and oxygen atoms in total. The lowest BCUT2D eigenvalue weighted by Gasteiger charge is -2.29. The van der Waals surface area contributed by atoms with Crippen molar-refractivity contribution in [2.24, 2.45) is 5.92 Å². The Balaban J connectivity index is 1.37. The third-order valence-electron chi connectivity index (χ3n) is 6.60. The third-order valence-corrected chi connectivity index (χ3v) is 6.60. The molecule has 0 spiro atoms. The van der Waals surface area contributed by atoms with Crippen molar-refractivity contribution < 1.29 is 40.6 Å². The summed E-state index contributed by atoms with van der Waals surface area (Å²) in [6.45, 7) is 1.93. The zero-order chi connectivity index (χ0) is 26.6. The maximum absolute atomic E-state index is 15.1. The molecule has 3 aromatic rings. The van der Waals surface area contributed by atoms with Gasteiger partial charge in [-0.2, -0.15) is 13.2 Å². The van der Waals surface area contributed by atoms with Crippen molar-refractivity contribution in [3.63, 3.8) is 0 Å². The Hall–Kier alpha value is -2.62. The fourth-order valence-corrected chi connectivity index (χ4v) is 4.54. The van der Waals surface area contributed by atoms with Gasteiger partial charge in [0.05, 0.1) is 13.2 Å². The number of alkyl halides is 3. The molecule has 1 aliphatic rings. The number of hydrogen-bond donors (Lipinski definition) is 0. The van der Waals surface area contributed by atoms with E-state index in [1.165, 1.54) is 0 Å². The first-order valence-electron chi connectivity index (χ1n) is 12.1. The van der Waals surface area contributed by atoms with Gasteiger partial charge >= 0.3 is 6.18 Å². The molecular weight excluding hydrogens is 498 g/mol. The van der Waals surface area contributed by atoms with Crippen LogP contribution in [0.15, 0.2) is 42.5 Å². The SMILES string of the molecule is COCCC1COC(CCc2ccc3c(F)c(CCc4cc(F)c(C(F)(F)F)c(F)c4)ccc3c2)OC1. The van der Waals surface area contributed by atoms with Gasteiger partial charge in [-0.15, -0.1) is 0 Å². The molecule has 0 atom stereocenters. The smallest absolute Gasteiger partial charge is 0.385 e. The molecule has 0 aliphatic carbocycles. The highest BCUT2D eigenvalue weighted by molar-refractivity contribution is 5.84. The monoisotopic (exact) mass is 526 g/mol. The minimum atomic E-state index is -5.13. The second kappa shape index (κ2) is 11.8. The van der Waals surface area contributed by atoms with Gasteiger partial charge in [0.1, 0.15) is 23.0 Å². The normalized spacial score (nSPS) is 18.5. The first kappa shape index (κ1) is 27.4. The quantitative estimate of drug-likeness (QED) is 0.281. The molecule has 37 heavy (non-hydrogen) atoms. The molecule has 0 saturated carbocycles. The zero-order valence-electron chi connectivity index (χ0n) is 20.3. The van der Waals surface area contributed by atoms with Gasteiger partial charge in [0.25, 0.3) is 0 Å². The lowest BCUT2D eigenvalue weighted by atomic mass is 9.97. The van der Waals surface area contributed by atoms with Gasteiger partial charge in [0, 0.05) is 31.4 Å². The second-order valence-electron chi connectivity index (χ2n) is 9.31. The predicted molar refractivity (Wildman–Crippen MR) is 127 cm³/mol. The van der Waals surface area contributed by atoms with Crippen LogP contribution in [0.3, 0.4) is 0 Å². The van der Waals surface area contributed by atoms with Crippen molar-refractivity contribution in [1.82, 2.24) is 0 Å². The van der Waals surface area contributed by atoms with Crippen LogP contribution < -0.4 is 0 Å². The molecule has 0 amide bonds. The number of rotatable bonds is 9. The zero-order valence-corrected chi connectivity index (χ0v) is 20.3. The number of hydrogen-bond acceptors (Lipinski definition) is 3. The number of ether oxygens (including phenoxy) is 3. The maximum Gasteiger partial charge on any atom is 0.422 e. The number of benzene rings is 3. The van der Waals surface area contributed by atoms with Crippen LogP contribution in [0.1, 0.15) is 35.1 Å². The lowest BCUT2D eigenvalue weighted by molar-refractivity contribution is -0.204. The van der Waals surface area contributed by atoms with E-state index in [1.54, 1.807) is 25.3 Å². The minimum Gasteiger partial charge on any atom is -0.385 e. The Morgan fingerprint density at radius 1 is 0.838 bits per heavy atom. The highest BCUT2D eigenvalue weighted by Crippen LogP contribution is 2.34. The average molecular weight is 527 g/mol. The Morgan fingerprint density at radius 2 is 1.54 bits per heavy atom. The summed E-state index contributed by atoms with van der Waals surface area (Å²) in [5.41, 5.74) is -0.580. The molecule has 200 valence electrons. The number of methoxy groups -OCH3 is 1. The summed E-state index contributed by atoms with van der Waals surface area (Å²) in [5, 5.41) is 1.10. The molecule has 0 bridgehead atoms. The predicted octanol–water partition coefficient (Wildman–Crippen LogP) is 7.02. The average Bonchev–Trinajstić information content (AvgIpc) is 2.85. The molecule has 9 heteroatoms. The molecule has 3 aromatic carbocycles. The van der Waals surface area contributed by atoms with Crippen molar-refractivity contribution in [1.29, 1.82) is 0 Å². The first-order chi connectivity index (χ1) is 17.7. The van der Waals surface area contributed by atoms with Gasteiger partial charge in [-0.05, 0) is 59.9 Å². The van der Waals surface area contributed by atoms with Crippen LogP contribution in [0.2, 0.25) is 0 Å². The van der Waals surface area contributed by atoms with Gasteiger partial charge in [-0.1, -0.05) is 30.3 Å². The van der Waals surface area contributed by atoms with E-state index in [4.69, 9.17) is 14.2 Å². The largest absolute Gasteiger partial charge is 0.422 e. The van der Waals surface area contributed by atoms with Gasteiger partial charge in [0.2, 0.25) is 0 Å². The van der Waals surface area contributed by atoms with Crippen molar-refractivity contribution in [2.45, 2.75) is 44.6 Å². The summed E-state index contributed by atoms with van der Waals surface area (Å²) < 4.78 is 97.8. The molecule has 1 saturated heterocycles. The summed E-state index contributed by atoms with van der Waals surface area (Å²) in [6, 6.07) is 10.1. The van der Waals surface area contributed by atoms with Crippen molar-refractivity contribution in [2.75, 3.05) is 26.9 Å². The van der Waals surface area contributed by atoms with Crippen LogP contribution in [0.4, 0.5) is 26.3 Å². The molecule has 1 heterocycles. The van der Waals surface area contributed by atoms with E-state index >= 15 is 4.39 Å². The molecule has 0 radical (unpaired) electrons. The van der Waals surface area contributed by atoms with Crippen LogP contribution in [-0.2, 0) is 39.6 Å². The van der Waals surface area contributed by atoms with Gasteiger partial charge in [-0.25, -0.2) is 13.2 Å².